The Bertz CT molecular complexity index is 670. The number of aliphatic imine (C=N–C) groups is 1. The molecule has 26 heavy (non-hydrogen) atoms. The summed E-state index contributed by atoms with van der Waals surface area (Å²) in [6.07, 6.45) is 8.87. The van der Waals surface area contributed by atoms with E-state index in [1.165, 1.54) is 32.1 Å². The molecule has 6 nitrogen and oxygen atoms in total. The Labute approximate surface area is 155 Å². The van der Waals surface area contributed by atoms with E-state index < -0.39 is 0 Å². The maximum Gasteiger partial charge on any atom is 0.191 e. The van der Waals surface area contributed by atoms with E-state index in [9.17, 15) is 0 Å². The SMILES string of the molecule is CC(C)c1cc(CN=C(NCCc2ccco2)NC2CCCCC2)on1. The zero-order chi connectivity index (χ0) is 18.2. The Hall–Kier alpha value is -2.24. The van der Waals surface area contributed by atoms with Crippen LogP contribution in [-0.2, 0) is 13.0 Å². The van der Waals surface area contributed by atoms with E-state index in [1.54, 1.807) is 6.26 Å². The molecule has 1 saturated carbocycles. The zero-order valence-electron chi connectivity index (χ0n) is 15.8. The van der Waals surface area contributed by atoms with Gasteiger partial charge in [0, 0.05) is 25.1 Å². The van der Waals surface area contributed by atoms with Crippen LogP contribution in [0.25, 0.3) is 0 Å². The first kappa shape index (κ1) is 18.5. The molecular weight excluding hydrogens is 328 g/mol. The molecule has 1 aliphatic rings. The number of furan rings is 1. The third kappa shape index (κ3) is 5.64. The molecule has 2 heterocycles. The second kappa shape index (κ2) is 9.46. The van der Waals surface area contributed by atoms with Crippen LogP contribution in [-0.4, -0.2) is 23.7 Å². The van der Waals surface area contributed by atoms with Crippen molar-refractivity contribution in [2.75, 3.05) is 6.54 Å². The summed E-state index contributed by atoms with van der Waals surface area (Å²) >= 11 is 0. The quantitative estimate of drug-likeness (QED) is 0.578. The average molecular weight is 358 g/mol. The zero-order valence-corrected chi connectivity index (χ0v) is 15.8. The monoisotopic (exact) mass is 358 g/mol. The van der Waals surface area contributed by atoms with Crippen LogP contribution in [0.15, 0.2) is 38.4 Å². The van der Waals surface area contributed by atoms with E-state index in [2.05, 4.69) is 29.6 Å². The maximum atomic E-state index is 5.40. The highest BCUT2D eigenvalue weighted by Gasteiger charge is 2.15. The lowest BCUT2D eigenvalue weighted by Crippen LogP contribution is -2.44. The van der Waals surface area contributed by atoms with Gasteiger partial charge in [-0.1, -0.05) is 38.3 Å². The molecule has 0 unspecified atom stereocenters. The molecule has 3 rings (SSSR count). The number of hydrogen-bond acceptors (Lipinski definition) is 4. The van der Waals surface area contributed by atoms with Crippen molar-refractivity contribution < 1.29 is 8.94 Å². The van der Waals surface area contributed by atoms with Gasteiger partial charge in [0.1, 0.15) is 12.3 Å². The smallest absolute Gasteiger partial charge is 0.191 e. The topological polar surface area (TPSA) is 75.6 Å². The summed E-state index contributed by atoms with van der Waals surface area (Å²) in [6.45, 7) is 5.48. The fourth-order valence-electron chi connectivity index (χ4n) is 3.18. The molecule has 0 radical (unpaired) electrons. The van der Waals surface area contributed by atoms with Gasteiger partial charge < -0.3 is 19.6 Å². The standard InChI is InChI=1S/C20H30N4O2/c1-15(2)19-13-18(26-24-19)14-22-20(23-16-7-4-3-5-8-16)21-11-10-17-9-6-12-25-17/h6,9,12-13,15-16H,3-5,7-8,10-11,14H2,1-2H3,(H2,21,22,23). The molecule has 1 aliphatic carbocycles. The molecule has 0 atom stereocenters. The molecule has 0 saturated heterocycles. The van der Waals surface area contributed by atoms with Gasteiger partial charge in [0.2, 0.25) is 0 Å². The van der Waals surface area contributed by atoms with Crippen molar-refractivity contribution in [2.45, 2.75) is 70.9 Å². The molecule has 2 aromatic rings. The van der Waals surface area contributed by atoms with Crippen molar-refractivity contribution in [3.8, 4) is 0 Å². The molecule has 0 aromatic carbocycles. The molecule has 0 amide bonds. The molecule has 2 N–H and O–H groups in total. The highest BCUT2D eigenvalue weighted by molar-refractivity contribution is 5.80. The fourth-order valence-corrected chi connectivity index (χ4v) is 3.18. The third-order valence-corrected chi connectivity index (χ3v) is 4.75. The second-order valence-electron chi connectivity index (χ2n) is 7.27. The van der Waals surface area contributed by atoms with Crippen molar-refractivity contribution in [1.82, 2.24) is 15.8 Å². The minimum atomic E-state index is 0.364. The number of rotatable bonds is 7. The van der Waals surface area contributed by atoms with Crippen molar-refractivity contribution in [3.63, 3.8) is 0 Å². The van der Waals surface area contributed by atoms with Gasteiger partial charge in [-0.05, 0) is 30.9 Å². The van der Waals surface area contributed by atoms with Crippen molar-refractivity contribution in [2.24, 2.45) is 4.99 Å². The summed E-state index contributed by atoms with van der Waals surface area (Å²) in [5, 5.41) is 11.1. The summed E-state index contributed by atoms with van der Waals surface area (Å²) in [5.74, 6) is 2.98. The summed E-state index contributed by atoms with van der Waals surface area (Å²) in [6, 6.07) is 6.41. The number of aromatic nitrogens is 1. The predicted octanol–water partition coefficient (Wildman–Crippen LogP) is 4.00. The van der Waals surface area contributed by atoms with Gasteiger partial charge in [-0.2, -0.15) is 0 Å². The Morgan fingerprint density at radius 1 is 1.27 bits per heavy atom. The molecular formula is C20H30N4O2. The largest absolute Gasteiger partial charge is 0.469 e. The Morgan fingerprint density at radius 3 is 2.81 bits per heavy atom. The lowest BCUT2D eigenvalue weighted by molar-refractivity contribution is 0.375. The molecule has 2 aromatic heterocycles. The van der Waals surface area contributed by atoms with Crippen molar-refractivity contribution in [1.29, 1.82) is 0 Å². The number of nitrogens with zero attached hydrogens (tertiary/aromatic N) is 2. The third-order valence-electron chi connectivity index (χ3n) is 4.75. The normalized spacial score (nSPS) is 16.2. The van der Waals surface area contributed by atoms with Gasteiger partial charge >= 0.3 is 0 Å². The number of hydrogen-bond donors (Lipinski definition) is 2. The summed E-state index contributed by atoms with van der Waals surface area (Å²) in [4.78, 5) is 4.71. The fraction of sp³-hybridized carbons (Fsp3) is 0.600. The first-order valence-corrected chi connectivity index (χ1v) is 9.73. The summed E-state index contributed by atoms with van der Waals surface area (Å²) < 4.78 is 10.8. The van der Waals surface area contributed by atoms with Gasteiger partial charge in [-0.3, -0.25) is 0 Å². The average Bonchev–Trinajstić information content (AvgIpc) is 3.32. The molecule has 6 heteroatoms. The van der Waals surface area contributed by atoms with Crippen LogP contribution < -0.4 is 10.6 Å². The van der Waals surface area contributed by atoms with Crippen molar-refractivity contribution in [3.05, 3.63) is 41.7 Å². The van der Waals surface area contributed by atoms with Crippen LogP contribution >= 0.6 is 0 Å². The highest BCUT2D eigenvalue weighted by atomic mass is 16.5. The van der Waals surface area contributed by atoms with Crippen LogP contribution in [0.1, 0.15) is 69.1 Å². The first-order valence-electron chi connectivity index (χ1n) is 9.73. The minimum absolute atomic E-state index is 0.364. The van der Waals surface area contributed by atoms with E-state index in [-0.39, 0.29) is 0 Å². The van der Waals surface area contributed by atoms with Gasteiger partial charge in [-0.15, -0.1) is 0 Å². The van der Waals surface area contributed by atoms with E-state index in [4.69, 9.17) is 13.9 Å². The second-order valence-corrected chi connectivity index (χ2v) is 7.27. The lowest BCUT2D eigenvalue weighted by atomic mass is 9.96. The van der Waals surface area contributed by atoms with Gasteiger partial charge in [0.15, 0.2) is 11.7 Å². The molecule has 1 fully saturated rings. The van der Waals surface area contributed by atoms with Crippen LogP contribution in [0.5, 0.6) is 0 Å². The first-order chi connectivity index (χ1) is 12.7. The Kier molecular flexibility index (Phi) is 6.75. The van der Waals surface area contributed by atoms with Crippen LogP contribution in [0.3, 0.4) is 0 Å². The van der Waals surface area contributed by atoms with Gasteiger partial charge in [0.05, 0.1) is 12.0 Å². The Balaban J connectivity index is 1.57. The Morgan fingerprint density at radius 2 is 2.12 bits per heavy atom. The molecule has 0 bridgehead atoms. The molecule has 142 valence electrons. The van der Waals surface area contributed by atoms with E-state index in [0.29, 0.717) is 18.5 Å². The highest BCUT2D eigenvalue weighted by Crippen LogP contribution is 2.17. The van der Waals surface area contributed by atoms with Gasteiger partial charge in [-0.25, -0.2) is 4.99 Å². The van der Waals surface area contributed by atoms with E-state index in [1.807, 2.05) is 18.2 Å². The summed E-state index contributed by atoms with van der Waals surface area (Å²) in [7, 11) is 0. The van der Waals surface area contributed by atoms with E-state index in [0.717, 1.165) is 36.1 Å². The summed E-state index contributed by atoms with van der Waals surface area (Å²) in [5.41, 5.74) is 0.975. The number of guanidine groups is 1. The molecule has 0 spiro atoms. The van der Waals surface area contributed by atoms with Crippen LogP contribution in [0, 0.1) is 0 Å². The lowest BCUT2D eigenvalue weighted by Gasteiger charge is -2.25. The maximum absolute atomic E-state index is 5.40. The number of nitrogens with one attached hydrogen (secondary N) is 2. The van der Waals surface area contributed by atoms with E-state index >= 15 is 0 Å². The van der Waals surface area contributed by atoms with Crippen LogP contribution in [0.2, 0.25) is 0 Å². The minimum Gasteiger partial charge on any atom is -0.469 e. The predicted molar refractivity (Wildman–Crippen MR) is 102 cm³/mol. The van der Waals surface area contributed by atoms with Crippen molar-refractivity contribution >= 4 is 5.96 Å². The van der Waals surface area contributed by atoms with Gasteiger partial charge in [0.25, 0.3) is 0 Å². The molecule has 0 aliphatic heterocycles. The van der Waals surface area contributed by atoms with Crippen LogP contribution in [0.4, 0.5) is 0 Å².